The molecule has 7 nitrogen and oxygen atoms in total. The Morgan fingerprint density at radius 2 is 2.00 bits per heavy atom. The van der Waals surface area contributed by atoms with Gasteiger partial charge in [0.1, 0.15) is 5.56 Å². The predicted octanol–water partition coefficient (Wildman–Crippen LogP) is 0.789. The van der Waals surface area contributed by atoms with Crippen LogP contribution in [-0.4, -0.2) is 29.4 Å². The van der Waals surface area contributed by atoms with Crippen LogP contribution in [0.25, 0.3) is 0 Å². The Morgan fingerprint density at radius 3 is 2.57 bits per heavy atom. The van der Waals surface area contributed by atoms with E-state index in [1.807, 2.05) is 0 Å². The maximum Gasteiger partial charge on any atom is 0.254 e. The molecule has 0 aromatic carbocycles. The molecule has 2 amide bonds. The molecule has 0 radical (unpaired) electrons. The van der Waals surface area contributed by atoms with Gasteiger partial charge in [-0.25, -0.2) is 4.98 Å². The molecule has 1 heterocycles. The van der Waals surface area contributed by atoms with Crippen LogP contribution in [0.15, 0.2) is 12.3 Å². The van der Waals surface area contributed by atoms with E-state index in [-0.39, 0.29) is 17.4 Å². The van der Waals surface area contributed by atoms with Gasteiger partial charge in [-0.05, 0) is 18.9 Å². The quantitative estimate of drug-likeness (QED) is 0.757. The van der Waals surface area contributed by atoms with Crippen molar-refractivity contribution in [2.24, 2.45) is 11.5 Å². The Balaban J connectivity index is 2.17. The summed E-state index contributed by atoms with van der Waals surface area (Å²) in [5.74, 6) is -0.805. The Labute approximate surface area is 123 Å². The zero-order valence-corrected chi connectivity index (χ0v) is 12.0. The van der Waals surface area contributed by atoms with E-state index in [1.54, 1.807) is 0 Å². The number of carbonyl (C=O) groups excluding carboxylic acids is 2. The Morgan fingerprint density at radius 1 is 1.33 bits per heavy atom. The first-order chi connectivity index (χ1) is 9.96. The molecule has 7 heteroatoms. The molecular formula is C14H20N4O3. The van der Waals surface area contributed by atoms with Gasteiger partial charge in [-0.3, -0.25) is 9.59 Å². The summed E-state index contributed by atoms with van der Waals surface area (Å²) in [5.41, 5.74) is 11.1. The fourth-order valence-corrected chi connectivity index (χ4v) is 2.53. The van der Waals surface area contributed by atoms with Crippen LogP contribution < -0.4 is 21.5 Å². The lowest BCUT2D eigenvalue weighted by Gasteiger charge is -2.31. The van der Waals surface area contributed by atoms with Crippen LogP contribution in [0.3, 0.4) is 0 Å². The fraction of sp³-hybridized carbons (Fsp3) is 0.500. The highest BCUT2D eigenvalue weighted by molar-refractivity contribution is 6.00. The summed E-state index contributed by atoms with van der Waals surface area (Å²) >= 11 is 0. The molecule has 1 fully saturated rings. The molecule has 5 N–H and O–H groups in total. The first-order valence-electron chi connectivity index (χ1n) is 6.90. The second kappa shape index (κ2) is 6.09. The number of pyridine rings is 1. The minimum absolute atomic E-state index is 0.116. The molecule has 1 saturated carbocycles. The maximum absolute atomic E-state index is 12.3. The smallest absolute Gasteiger partial charge is 0.254 e. The number of nitrogens with one attached hydrogen (secondary N) is 1. The topological polar surface area (TPSA) is 120 Å². The van der Waals surface area contributed by atoms with E-state index in [0.29, 0.717) is 18.5 Å². The molecule has 0 unspecified atom stereocenters. The minimum atomic E-state index is -0.856. The molecule has 114 valence electrons. The van der Waals surface area contributed by atoms with Crippen molar-refractivity contribution in [3.05, 3.63) is 17.8 Å². The molecule has 1 aliphatic carbocycles. The third-order valence-corrected chi connectivity index (χ3v) is 3.77. The summed E-state index contributed by atoms with van der Waals surface area (Å²) in [6, 6.07) is 1.44. The average molecular weight is 292 g/mol. The van der Waals surface area contributed by atoms with E-state index in [1.165, 1.54) is 19.4 Å². The van der Waals surface area contributed by atoms with E-state index in [0.717, 1.165) is 19.3 Å². The van der Waals surface area contributed by atoms with Crippen molar-refractivity contribution >= 4 is 17.5 Å². The van der Waals surface area contributed by atoms with Crippen LogP contribution in [-0.2, 0) is 4.79 Å². The SMILES string of the molecule is COc1ncc(NC(=O)C2(N)CCCCC2)cc1C(N)=O. The largest absolute Gasteiger partial charge is 0.480 e. The third kappa shape index (κ3) is 3.30. The van der Waals surface area contributed by atoms with Gasteiger partial charge in [0, 0.05) is 0 Å². The molecule has 0 atom stereocenters. The van der Waals surface area contributed by atoms with Gasteiger partial charge in [-0.2, -0.15) is 0 Å². The monoisotopic (exact) mass is 292 g/mol. The molecule has 0 saturated heterocycles. The average Bonchev–Trinajstić information content (AvgIpc) is 2.47. The van der Waals surface area contributed by atoms with Crippen molar-refractivity contribution in [1.29, 1.82) is 0 Å². The highest BCUT2D eigenvalue weighted by Gasteiger charge is 2.35. The van der Waals surface area contributed by atoms with Gasteiger partial charge in [0.2, 0.25) is 11.8 Å². The Kier molecular flexibility index (Phi) is 4.42. The standard InChI is InChI=1S/C14H20N4O3/c1-21-12-10(11(15)19)7-9(8-17-12)18-13(20)14(16)5-3-2-4-6-14/h7-8H,2-6,16H2,1H3,(H2,15,19)(H,18,20). The van der Waals surface area contributed by atoms with E-state index in [9.17, 15) is 9.59 Å². The van der Waals surface area contributed by atoms with Crippen molar-refractivity contribution in [2.45, 2.75) is 37.6 Å². The summed E-state index contributed by atoms with van der Waals surface area (Å²) in [6.45, 7) is 0. The number of amides is 2. The number of nitrogens with zero attached hydrogens (tertiary/aromatic N) is 1. The number of carbonyl (C=O) groups is 2. The van der Waals surface area contributed by atoms with Gasteiger partial charge in [-0.15, -0.1) is 0 Å². The summed E-state index contributed by atoms with van der Waals surface area (Å²) in [7, 11) is 1.39. The second-order valence-electron chi connectivity index (χ2n) is 5.32. The Hall–Kier alpha value is -2.15. The van der Waals surface area contributed by atoms with E-state index in [2.05, 4.69) is 10.3 Å². The lowest BCUT2D eigenvalue weighted by Crippen LogP contribution is -2.52. The van der Waals surface area contributed by atoms with Crippen molar-refractivity contribution in [3.8, 4) is 5.88 Å². The van der Waals surface area contributed by atoms with Crippen molar-refractivity contribution in [3.63, 3.8) is 0 Å². The van der Waals surface area contributed by atoms with Gasteiger partial charge >= 0.3 is 0 Å². The molecule has 1 aromatic heterocycles. The van der Waals surface area contributed by atoms with Gasteiger partial charge < -0.3 is 21.5 Å². The van der Waals surface area contributed by atoms with E-state index >= 15 is 0 Å². The number of aromatic nitrogens is 1. The lowest BCUT2D eigenvalue weighted by molar-refractivity contribution is -0.122. The number of hydrogen-bond donors (Lipinski definition) is 3. The first-order valence-corrected chi connectivity index (χ1v) is 6.90. The molecule has 21 heavy (non-hydrogen) atoms. The third-order valence-electron chi connectivity index (χ3n) is 3.77. The van der Waals surface area contributed by atoms with E-state index in [4.69, 9.17) is 16.2 Å². The highest BCUT2D eigenvalue weighted by atomic mass is 16.5. The summed E-state index contributed by atoms with van der Waals surface area (Å²) < 4.78 is 4.95. The van der Waals surface area contributed by atoms with Crippen LogP contribution in [0.4, 0.5) is 5.69 Å². The molecule has 0 spiro atoms. The molecule has 2 rings (SSSR count). The predicted molar refractivity (Wildman–Crippen MR) is 77.9 cm³/mol. The van der Waals surface area contributed by atoms with Gasteiger partial charge in [0.15, 0.2) is 0 Å². The Bertz CT molecular complexity index is 553. The van der Waals surface area contributed by atoms with Gasteiger partial charge in [0.25, 0.3) is 5.91 Å². The number of rotatable bonds is 4. The van der Waals surface area contributed by atoms with Gasteiger partial charge in [-0.1, -0.05) is 19.3 Å². The van der Waals surface area contributed by atoms with Crippen LogP contribution in [0.1, 0.15) is 42.5 Å². The van der Waals surface area contributed by atoms with Crippen LogP contribution in [0.5, 0.6) is 5.88 Å². The normalized spacial score (nSPS) is 17.0. The lowest BCUT2D eigenvalue weighted by atomic mass is 9.82. The number of primary amides is 1. The van der Waals surface area contributed by atoms with Gasteiger partial charge in [0.05, 0.1) is 24.5 Å². The highest BCUT2D eigenvalue weighted by Crippen LogP contribution is 2.27. The summed E-state index contributed by atoms with van der Waals surface area (Å²) in [5, 5.41) is 2.71. The summed E-state index contributed by atoms with van der Waals surface area (Å²) in [6.07, 6.45) is 5.71. The molecule has 1 aliphatic rings. The number of hydrogen-bond acceptors (Lipinski definition) is 5. The molecule has 0 aliphatic heterocycles. The van der Waals surface area contributed by atoms with Crippen molar-refractivity contribution < 1.29 is 14.3 Å². The zero-order chi connectivity index (χ0) is 15.5. The van der Waals surface area contributed by atoms with Crippen LogP contribution in [0.2, 0.25) is 0 Å². The summed E-state index contributed by atoms with van der Waals surface area (Å²) in [4.78, 5) is 27.6. The van der Waals surface area contributed by atoms with E-state index < -0.39 is 11.4 Å². The second-order valence-corrected chi connectivity index (χ2v) is 5.32. The number of ether oxygens (including phenoxy) is 1. The maximum atomic E-state index is 12.3. The first kappa shape index (κ1) is 15.2. The number of nitrogens with two attached hydrogens (primary N) is 2. The van der Waals surface area contributed by atoms with Crippen LogP contribution in [0, 0.1) is 0 Å². The minimum Gasteiger partial charge on any atom is -0.480 e. The molecule has 1 aromatic rings. The fourth-order valence-electron chi connectivity index (χ4n) is 2.53. The van der Waals surface area contributed by atoms with Crippen molar-refractivity contribution in [1.82, 2.24) is 4.98 Å². The van der Waals surface area contributed by atoms with Crippen molar-refractivity contribution in [2.75, 3.05) is 12.4 Å². The number of anilines is 1. The zero-order valence-electron chi connectivity index (χ0n) is 12.0. The number of methoxy groups -OCH3 is 1. The van der Waals surface area contributed by atoms with Crippen LogP contribution >= 0.6 is 0 Å². The molecular weight excluding hydrogens is 272 g/mol. The molecule has 0 bridgehead atoms.